The van der Waals surface area contributed by atoms with Gasteiger partial charge in [0.1, 0.15) is 0 Å². The van der Waals surface area contributed by atoms with Gasteiger partial charge in [-0.3, -0.25) is 4.79 Å². The number of nitrogens with zero attached hydrogens (tertiary/aromatic N) is 2. The van der Waals surface area contributed by atoms with Gasteiger partial charge in [-0.15, -0.1) is 0 Å². The zero-order valence-electron chi connectivity index (χ0n) is 14.0. The number of carbonyl (C=O) groups excluding carboxylic acids is 1. The number of amides is 1. The molecular formula is C20H23N3O. The Morgan fingerprint density at radius 1 is 1.21 bits per heavy atom. The molecule has 0 saturated heterocycles. The second-order valence-corrected chi connectivity index (χ2v) is 6.17. The highest BCUT2D eigenvalue weighted by Crippen LogP contribution is 2.26. The summed E-state index contributed by atoms with van der Waals surface area (Å²) < 4.78 is 0. The molecule has 1 amide bonds. The lowest BCUT2D eigenvalue weighted by molar-refractivity contribution is -0.119. The zero-order valence-corrected chi connectivity index (χ0v) is 14.0. The van der Waals surface area contributed by atoms with Crippen LogP contribution in [0.5, 0.6) is 0 Å². The number of benzene rings is 2. The minimum Gasteiger partial charge on any atom is -0.362 e. The number of carbonyl (C=O) groups is 1. The molecule has 0 spiro atoms. The standard InChI is InChI=1S/C20H23N3O/c1-16(17-8-3-2-4-9-17)14-21-22-20(24)15-23-13-7-11-18-10-5-6-12-19(18)23/h2-6,8-10,12,14,16H,7,11,13,15H2,1H3,(H,22,24)/b21-14-/t16-/m1/s1. The van der Waals surface area contributed by atoms with Crippen LogP contribution in [-0.2, 0) is 11.2 Å². The molecule has 24 heavy (non-hydrogen) atoms. The monoisotopic (exact) mass is 321 g/mol. The first-order valence-corrected chi connectivity index (χ1v) is 8.44. The van der Waals surface area contributed by atoms with Crippen LogP contribution in [-0.4, -0.2) is 25.2 Å². The van der Waals surface area contributed by atoms with Crippen molar-refractivity contribution in [3.63, 3.8) is 0 Å². The average Bonchev–Trinajstić information content (AvgIpc) is 2.63. The van der Waals surface area contributed by atoms with Gasteiger partial charge in [-0.1, -0.05) is 55.5 Å². The molecule has 2 aromatic carbocycles. The number of anilines is 1. The number of hydrogen-bond donors (Lipinski definition) is 1. The molecule has 0 bridgehead atoms. The maximum Gasteiger partial charge on any atom is 0.259 e. The first-order chi connectivity index (χ1) is 11.7. The Balaban J connectivity index is 1.54. The predicted octanol–water partition coefficient (Wildman–Crippen LogP) is 3.34. The fourth-order valence-electron chi connectivity index (χ4n) is 3.05. The Bertz CT molecular complexity index is 712. The van der Waals surface area contributed by atoms with Crippen LogP contribution in [0.25, 0.3) is 0 Å². The first-order valence-electron chi connectivity index (χ1n) is 8.44. The zero-order chi connectivity index (χ0) is 16.8. The van der Waals surface area contributed by atoms with E-state index in [0.29, 0.717) is 6.54 Å². The number of hydrazone groups is 1. The maximum absolute atomic E-state index is 12.2. The summed E-state index contributed by atoms with van der Waals surface area (Å²) in [5.41, 5.74) is 6.32. The van der Waals surface area contributed by atoms with E-state index in [0.717, 1.165) is 19.4 Å². The van der Waals surface area contributed by atoms with E-state index in [9.17, 15) is 4.79 Å². The van der Waals surface area contributed by atoms with E-state index in [1.54, 1.807) is 6.21 Å². The highest BCUT2D eigenvalue weighted by Gasteiger charge is 2.18. The third kappa shape index (κ3) is 4.02. The summed E-state index contributed by atoms with van der Waals surface area (Å²) in [4.78, 5) is 14.3. The van der Waals surface area contributed by atoms with E-state index in [1.165, 1.54) is 16.8 Å². The quantitative estimate of drug-likeness (QED) is 0.678. The number of rotatable bonds is 5. The SMILES string of the molecule is C[C@H](/C=N\NC(=O)CN1CCCc2ccccc21)c1ccccc1. The third-order valence-electron chi connectivity index (χ3n) is 4.35. The van der Waals surface area contributed by atoms with Crippen molar-refractivity contribution in [1.82, 2.24) is 5.43 Å². The van der Waals surface area contributed by atoms with Crippen molar-refractivity contribution < 1.29 is 4.79 Å². The summed E-state index contributed by atoms with van der Waals surface area (Å²) in [7, 11) is 0. The van der Waals surface area contributed by atoms with E-state index in [-0.39, 0.29) is 11.8 Å². The van der Waals surface area contributed by atoms with Crippen LogP contribution >= 0.6 is 0 Å². The fraction of sp³-hybridized carbons (Fsp3) is 0.300. The molecule has 1 atom stereocenters. The molecule has 2 aromatic rings. The molecule has 1 heterocycles. The van der Waals surface area contributed by atoms with Crippen molar-refractivity contribution in [3.05, 3.63) is 65.7 Å². The Hall–Kier alpha value is -2.62. The molecule has 3 rings (SSSR count). The third-order valence-corrected chi connectivity index (χ3v) is 4.35. The lowest BCUT2D eigenvalue weighted by atomic mass is 10.0. The minimum atomic E-state index is -0.0804. The van der Waals surface area contributed by atoms with Gasteiger partial charge >= 0.3 is 0 Å². The van der Waals surface area contributed by atoms with Gasteiger partial charge < -0.3 is 4.90 Å². The van der Waals surface area contributed by atoms with Crippen LogP contribution in [0.1, 0.15) is 30.4 Å². The molecule has 1 aliphatic heterocycles. The minimum absolute atomic E-state index is 0.0804. The van der Waals surface area contributed by atoms with Crippen LogP contribution in [0.4, 0.5) is 5.69 Å². The van der Waals surface area contributed by atoms with Gasteiger partial charge in [0.05, 0.1) is 6.54 Å². The van der Waals surface area contributed by atoms with Crippen LogP contribution < -0.4 is 10.3 Å². The summed E-state index contributed by atoms with van der Waals surface area (Å²) in [5.74, 6) is 0.0884. The van der Waals surface area contributed by atoms with Crippen molar-refractivity contribution in [3.8, 4) is 0 Å². The summed E-state index contributed by atoms with van der Waals surface area (Å²) in [5, 5.41) is 4.12. The number of fused-ring (bicyclic) bond motifs is 1. The highest BCUT2D eigenvalue weighted by molar-refractivity contribution is 5.82. The van der Waals surface area contributed by atoms with Crippen molar-refractivity contribution in [2.24, 2.45) is 5.10 Å². The fourth-order valence-corrected chi connectivity index (χ4v) is 3.05. The summed E-state index contributed by atoms with van der Waals surface area (Å²) >= 11 is 0. The molecule has 124 valence electrons. The second-order valence-electron chi connectivity index (χ2n) is 6.17. The van der Waals surface area contributed by atoms with E-state index in [1.807, 2.05) is 24.3 Å². The number of hydrogen-bond acceptors (Lipinski definition) is 3. The smallest absolute Gasteiger partial charge is 0.259 e. The van der Waals surface area contributed by atoms with Crippen LogP contribution in [0.3, 0.4) is 0 Å². The molecule has 0 unspecified atom stereocenters. The lowest BCUT2D eigenvalue weighted by Gasteiger charge is -2.30. The number of para-hydroxylation sites is 1. The van der Waals surface area contributed by atoms with Crippen molar-refractivity contribution in [2.45, 2.75) is 25.7 Å². The largest absolute Gasteiger partial charge is 0.362 e. The number of nitrogens with one attached hydrogen (secondary N) is 1. The van der Waals surface area contributed by atoms with Gasteiger partial charge in [-0.2, -0.15) is 5.10 Å². The molecule has 0 fully saturated rings. The van der Waals surface area contributed by atoms with Gasteiger partial charge in [0, 0.05) is 24.4 Å². The molecule has 0 aromatic heterocycles. The highest BCUT2D eigenvalue weighted by atomic mass is 16.2. The van der Waals surface area contributed by atoms with Gasteiger partial charge in [0.2, 0.25) is 0 Å². The molecule has 0 saturated carbocycles. The maximum atomic E-state index is 12.2. The van der Waals surface area contributed by atoms with E-state index >= 15 is 0 Å². The molecule has 1 N–H and O–H groups in total. The Labute approximate surface area is 143 Å². The average molecular weight is 321 g/mol. The molecule has 4 nitrogen and oxygen atoms in total. The molecule has 0 radical (unpaired) electrons. The molecule has 1 aliphatic rings. The number of aryl methyl sites for hydroxylation is 1. The van der Waals surface area contributed by atoms with Crippen LogP contribution in [0.15, 0.2) is 59.7 Å². The van der Waals surface area contributed by atoms with Crippen molar-refractivity contribution in [1.29, 1.82) is 0 Å². The molecule has 0 aliphatic carbocycles. The molecule has 4 heteroatoms. The van der Waals surface area contributed by atoms with Crippen molar-refractivity contribution >= 4 is 17.8 Å². The Kier molecular flexibility index (Phi) is 5.26. The Morgan fingerprint density at radius 2 is 1.96 bits per heavy atom. The predicted molar refractivity (Wildman–Crippen MR) is 98.5 cm³/mol. The Morgan fingerprint density at radius 3 is 2.79 bits per heavy atom. The van der Waals surface area contributed by atoms with E-state index in [4.69, 9.17) is 0 Å². The second kappa shape index (κ2) is 7.77. The lowest BCUT2D eigenvalue weighted by Crippen LogP contribution is -2.38. The normalized spacial score (nSPS) is 15.1. The van der Waals surface area contributed by atoms with Gasteiger partial charge in [0.15, 0.2) is 0 Å². The van der Waals surface area contributed by atoms with Crippen LogP contribution in [0, 0.1) is 0 Å². The molecular weight excluding hydrogens is 298 g/mol. The van der Waals surface area contributed by atoms with Crippen molar-refractivity contribution in [2.75, 3.05) is 18.0 Å². The van der Waals surface area contributed by atoms with Crippen LogP contribution in [0.2, 0.25) is 0 Å². The summed E-state index contributed by atoms with van der Waals surface area (Å²) in [6.07, 6.45) is 3.94. The summed E-state index contributed by atoms with van der Waals surface area (Å²) in [6.45, 7) is 3.31. The van der Waals surface area contributed by atoms with Gasteiger partial charge in [-0.05, 0) is 30.0 Å². The van der Waals surface area contributed by atoms with Gasteiger partial charge in [0.25, 0.3) is 5.91 Å². The van der Waals surface area contributed by atoms with E-state index < -0.39 is 0 Å². The topological polar surface area (TPSA) is 44.7 Å². The first kappa shape index (κ1) is 16.2. The van der Waals surface area contributed by atoms with E-state index in [2.05, 4.69) is 52.7 Å². The van der Waals surface area contributed by atoms with Gasteiger partial charge in [-0.25, -0.2) is 5.43 Å². The summed E-state index contributed by atoms with van der Waals surface area (Å²) in [6, 6.07) is 18.4.